The molecule has 0 saturated heterocycles. The van der Waals surface area contributed by atoms with Crippen LogP contribution in [-0.4, -0.2) is 26.0 Å². The molecule has 2 rings (SSSR count). The molecule has 0 amide bonds. The smallest absolute Gasteiger partial charge is 0.242 e. The van der Waals surface area contributed by atoms with Crippen LogP contribution in [0.1, 0.15) is 37.8 Å². The van der Waals surface area contributed by atoms with Crippen molar-refractivity contribution in [3.63, 3.8) is 0 Å². The van der Waals surface area contributed by atoms with Gasteiger partial charge in [-0.15, -0.1) is 0 Å². The van der Waals surface area contributed by atoms with Crippen molar-refractivity contribution in [1.29, 1.82) is 5.26 Å². The number of aromatic nitrogens is 1. The molecule has 1 unspecified atom stereocenters. The summed E-state index contributed by atoms with van der Waals surface area (Å²) >= 11 is 0. The first-order chi connectivity index (χ1) is 10.1. The number of nitrogens with zero attached hydrogens (tertiary/aromatic N) is 2. The maximum absolute atomic E-state index is 12.4. The van der Waals surface area contributed by atoms with E-state index in [0.717, 1.165) is 25.7 Å². The fraction of sp³-hybridized carbons (Fsp3) is 0.571. The molecule has 0 aliphatic heterocycles. The van der Waals surface area contributed by atoms with Crippen molar-refractivity contribution >= 4 is 10.0 Å². The van der Waals surface area contributed by atoms with Crippen LogP contribution in [0.5, 0.6) is 0 Å². The molecule has 7 heteroatoms. The van der Waals surface area contributed by atoms with Crippen molar-refractivity contribution in [2.24, 2.45) is 11.7 Å². The lowest BCUT2D eigenvalue weighted by Gasteiger charge is -2.29. The summed E-state index contributed by atoms with van der Waals surface area (Å²) in [5, 5.41) is 8.69. The minimum Gasteiger partial charge on any atom is -0.329 e. The number of hydrogen-bond donors (Lipinski definition) is 2. The van der Waals surface area contributed by atoms with Gasteiger partial charge in [-0.1, -0.05) is 19.3 Å². The highest BCUT2D eigenvalue weighted by atomic mass is 32.2. The zero-order valence-electron chi connectivity index (χ0n) is 11.8. The number of nitrogens with one attached hydrogen (secondary N) is 1. The van der Waals surface area contributed by atoms with Gasteiger partial charge in [0.15, 0.2) is 0 Å². The van der Waals surface area contributed by atoms with Gasteiger partial charge in [-0.05, 0) is 30.9 Å². The average molecular weight is 308 g/mol. The highest BCUT2D eigenvalue weighted by Gasteiger charge is 2.27. The molecular weight excluding hydrogens is 288 g/mol. The lowest BCUT2D eigenvalue weighted by atomic mass is 9.84. The maximum atomic E-state index is 12.4. The van der Waals surface area contributed by atoms with Crippen LogP contribution >= 0.6 is 0 Å². The molecule has 1 aromatic heterocycles. The quantitative estimate of drug-likeness (QED) is 0.847. The first-order valence-corrected chi connectivity index (χ1v) is 8.63. The van der Waals surface area contributed by atoms with Gasteiger partial charge in [0.2, 0.25) is 10.0 Å². The topological polar surface area (TPSA) is 109 Å². The van der Waals surface area contributed by atoms with Crippen LogP contribution in [0.15, 0.2) is 23.2 Å². The minimum atomic E-state index is -3.65. The number of pyridine rings is 1. The fourth-order valence-corrected chi connectivity index (χ4v) is 4.01. The summed E-state index contributed by atoms with van der Waals surface area (Å²) in [5.74, 6) is 0.296. The molecule has 0 aromatic carbocycles. The van der Waals surface area contributed by atoms with Gasteiger partial charge in [0.25, 0.3) is 0 Å². The van der Waals surface area contributed by atoms with Gasteiger partial charge < -0.3 is 5.73 Å². The zero-order valence-corrected chi connectivity index (χ0v) is 12.6. The Kier molecular flexibility index (Phi) is 5.28. The summed E-state index contributed by atoms with van der Waals surface area (Å²) < 4.78 is 27.4. The summed E-state index contributed by atoms with van der Waals surface area (Å²) in [6, 6.07) is 4.41. The number of sulfonamides is 1. The minimum absolute atomic E-state index is 0.0655. The van der Waals surface area contributed by atoms with E-state index in [1.807, 2.05) is 6.07 Å². The summed E-state index contributed by atoms with van der Waals surface area (Å²) in [4.78, 5) is 3.86. The van der Waals surface area contributed by atoms with Crippen LogP contribution < -0.4 is 10.5 Å². The summed E-state index contributed by atoms with van der Waals surface area (Å²) in [7, 11) is -3.65. The van der Waals surface area contributed by atoms with Crippen molar-refractivity contribution in [3.05, 3.63) is 24.0 Å². The lowest BCUT2D eigenvalue weighted by Crippen LogP contribution is -2.45. The van der Waals surface area contributed by atoms with Crippen molar-refractivity contribution in [3.8, 4) is 6.07 Å². The van der Waals surface area contributed by atoms with E-state index < -0.39 is 10.0 Å². The predicted octanol–water partition coefficient (Wildman–Crippen LogP) is 1.14. The molecule has 21 heavy (non-hydrogen) atoms. The van der Waals surface area contributed by atoms with Gasteiger partial charge >= 0.3 is 0 Å². The van der Waals surface area contributed by atoms with Crippen molar-refractivity contribution in [2.45, 2.75) is 43.0 Å². The van der Waals surface area contributed by atoms with Gasteiger partial charge in [-0.25, -0.2) is 18.1 Å². The Labute approximate surface area is 125 Å². The Morgan fingerprint density at radius 1 is 1.38 bits per heavy atom. The molecule has 0 bridgehead atoms. The van der Waals surface area contributed by atoms with Crippen molar-refractivity contribution in [2.75, 3.05) is 6.54 Å². The van der Waals surface area contributed by atoms with Gasteiger partial charge in [0.1, 0.15) is 16.7 Å². The largest absolute Gasteiger partial charge is 0.329 e. The number of nitriles is 1. The molecule has 1 aromatic rings. The third kappa shape index (κ3) is 4.00. The molecule has 1 heterocycles. The van der Waals surface area contributed by atoms with Crippen LogP contribution in [0.25, 0.3) is 0 Å². The average Bonchev–Trinajstić information content (AvgIpc) is 2.53. The molecule has 1 atom stereocenters. The lowest BCUT2D eigenvalue weighted by molar-refractivity contribution is 0.294. The molecule has 1 aliphatic rings. The number of hydrogen-bond acceptors (Lipinski definition) is 5. The van der Waals surface area contributed by atoms with E-state index in [1.165, 1.54) is 24.8 Å². The SMILES string of the molecule is N#Cc1ccc(S(=O)(=O)NC(CN)C2CCCCC2)cn1. The van der Waals surface area contributed by atoms with Crippen molar-refractivity contribution in [1.82, 2.24) is 9.71 Å². The Balaban J connectivity index is 2.12. The summed E-state index contributed by atoms with van der Waals surface area (Å²) in [6.07, 6.45) is 6.68. The molecule has 1 aliphatic carbocycles. The molecular formula is C14H20N4O2S. The van der Waals surface area contributed by atoms with E-state index in [2.05, 4.69) is 9.71 Å². The zero-order chi connectivity index (χ0) is 15.3. The molecule has 114 valence electrons. The monoisotopic (exact) mass is 308 g/mol. The fourth-order valence-electron chi connectivity index (χ4n) is 2.75. The van der Waals surface area contributed by atoms with Crippen LogP contribution in [0, 0.1) is 17.2 Å². The Morgan fingerprint density at radius 3 is 2.62 bits per heavy atom. The van der Waals surface area contributed by atoms with Gasteiger partial charge in [0, 0.05) is 18.8 Å². The molecule has 3 N–H and O–H groups in total. The Hall–Kier alpha value is -1.49. The van der Waals surface area contributed by atoms with Crippen LogP contribution in [0.4, 0.5) is 0 Å². The van der Waals surface area contributed by atoms with E-state index in [-0.39, 0.29) is 23.2 Å². The Bertz CT molecular complexity index is 601. The second-order valence-corrected chi connectivity index (χ2v) is 7.07. The molecule has 1 saturated carbocycles. The van der Waals surface area contributed by atoms with E-state index in [4.69, 9.17) is 11.0 Å². The first-order valence-electron chi connectivity index (χ1n) is 7.15. The van der Waals surface area contributed by atoms with E-state index in [9.17, 15) is 8.42 Å². The molecule has 0 radical (unpaired) electrons. The van der Waals surface area contributed by atoms with Crippen molar-refractivity contribution < 1.29 is 8.42 Å². The predicted molar refractivity (Wildman–Crippen MR) is 78.7 cm³/mol. The normalized spacial score (nSPS) is 18.1. The third-order valence-electron chi connectivity index (χ3n) is 3.94. The van der Waals surface area contributed by atoms with E-state index in [0.29, 0.717) is 5.92 Å². The van der Waals surface area contributed by atoms with Gasteiger partial charge in [0.05, 0.1) is 0 Å². The molecule has 6 nitrogen and oxygen atoms in total. The first kappa shape index (κ1) is 15.9. The van der Waals surface area contributed by atoms with Gasteiger partial charge in [-0.2, -0.15) is 5.26 Å². The van der Waals surface area contributed by atoms with Crippen LogP contribution in [0.3, 0.4) is 0 Å². The number of rotatable bonds is 5. The van der Waals surface area contributed by atoms with Gasteiger partial charge in [-0.3, -0.25) is 0 Å². The molecule has 0 spiro atoms. The van der Waals surface area contributed by atoms with E-state index in [1.54, 1.807) is 0 Å². The second-order valence-electron chi connectivity index (χ2n) is 5.35. The highest BCUT2D eigenvalue weighted by Crippen LogP contribution is 2.27. The number of nitrogens with two attached hydrogens (primary N) is 1. The molecule has 1 fully saturated rings. The highest BCUT2D eigenvalue weighted by molar-refractivity contribution is 7.89. The standard InChI is InChI=1S/C14H20N4O2S/c15-8-12-6-7-13(10-17-12)21(19,20)18-14(9-16)11-4-2-1-3-5-11/h6-7,10-11,14,18H,1-5,9,16H2. The Morgan fingerprint density at radius 2 is 2.10 bits per heavy atom. The third-order valence-corrected chi connectivity index (χ3v) is 5.42. The van der Waals surface area contributed by atoms with Crippen LogP contribution in [-0.2, 0) is 10.0 Å². The summed E-state index contributed by atoms with van der Waals surface area (Å²) in [6.45, 7) is 0.285. The maximum Gasteiger partial charge on any atom is 0.242 e. The van der Waals surface area contributed by atoms with E-state index >= 15 is 0 Å². The van der Waals surface area contributed by atoms with Crippen LogP contribution in [0.2, 0.25) is 0 Å². The second kappa shape index (κ2) is 6.98. The summed E-state index contributed by atoms with van der Waals surface area (Å²) in [5.41, 5.74) is 5.94.